The summed E-state index contributed by atoms with van der Waals surface area (Å²) in [6.07, 6.45) is 0. The van der Waals surface area contributed by atoms with Crippen molar-refractivity contribution < 1.29 is 19.1 Å². The number of halogens is 1. The van der Waals surface area contributed by atoms with Gasteiger partial charge in [0.1, 0.15) is 11.5 Å². The van der Waals surface area contributed by atoms with E-state index in [1.165, 1.54) is 0 Å². The first-order valence-electron chi connectivity index (χ1n) is 7.89. The van der Waals surface area contributed by atoms with Gasteiger partial charge in [0.2, 0.25) is 0 Å². The van der Waals surface area contributed by atoms with Crippen molar-refractivity contribution >= 4 is 40.7 Å². The van der Waals surface area contributed by atoms with Crippen LogP contribution in [0.2, 0.25) is 5.02 Å². The van der Waals surface area contributed by atoms with E-state index in [0.29, 0.717) is 16.5 Å². The number of aryl methyl sites for hydroxylation is 1. The van der Waals surface area contributed by atoms with E-state index in [1.54, 1.807) is 30.3 Å². The van der Waals surface area contributed by atoms with Gasteiger partial charge in [-0.2, -0.15) is 0 Å². The van der Waals surface area contributed by atoms with Crippen molar-refractivity contribution in [2.75, 3.05) is 13.2 Å². The molecule has 0 aliphatic carbocycles. The van der Waals surface area contributed by atoms with Crippen LogP contribution >= 0.6 is 23.8 Å². The lowest BCUT2D eigenvalue weighted by atomic mass is 10.2. The van der Waals surface area contributed by atoms with Crippen molar-refractivity contribution in [2.24, 2.45) is 0 Å². The number of hydrogen-bond acceptors (Lipinski definition) is 5. The van der Waals surface area contributed by atoms with Crippen LogP contribution in [-0.4, -0.2) is 30.1 Å². The predicted octanol–water partition coefficient (Wildman–Crippen LogP) is 2.13. The first-order valence-corrected chi connectivity index (χ1v) is 8.68. The molecule has 142 valence electrons. The zero-order chi connectivity index (χ0) is 19.6. The first kappa shape index (κ1) is 20.5. The number of hydrazine groups is 1. The summed E-state index contributed by atoms with van der Waals surface area (Å²) in [6.45, 7) is 1.43. The molecular formula is C18H18ClN3O4S. The van der Waals surface area contributed by atoms with Crippen LogP contribution in [-0.2, 0) is 9.59 Å². The Morgan fingerprint density at radius 1 is 1.00 bits per heavy atom. The molecule has 0 spiro atoms. The molecule has 2 amide bonds. The normalized spacial score (nSPS) is 9.85. The highest BCUT2D eigenvalue weighted by molar-refractivity contribution is 7.80. The maximum absolute atomic E-state index is 11.8. The van der Waals surface area contributed by atoms with Crippen LogP contribution in [0.1, 0.15) is 5.56 Å². The molecule has 0 aliphatic rings. The molecule has 0 bridgehead atoms. The number of carbonyl (C=O) groups excluding carboxylic acids is 2. The molecule has 2 aromatic carbocycles. The average molecular weight is 408 g/mol. The molecule has 2 rings (SSSR count). The number of carbonyl (C=O) groups is 2. The van der Waals surface area contributed by atoms with Crippen molar-refractivity contribution in [3.63, 3.8) is 0 Å². The molecule has 0 aromatic heterocycles. The summed E-state index contributed by atoms with van der Waals surface area (Å²) >= 11 is 10.8. The van der Waals surface area contributed by atoms with Crippen LogP contribution < -0.4 is 25.6 Å². The van der Waals surface area contributed by atoms with E-state index in [-0.39, 0.29) is 18.3 Å². The third kappa shape index (κ3) is 7.51. The standard InChI is InChI=1S/C18H18ClN3O4S/c1-12-5-4-6-13(9-12)25-10-16(23)20-18(27)22-21-17(24)11-26-15-8-3-2-7-14(15)19/h2-9H,10-11H2,1H3,(H,21,24)(H2,20,22,23,27). The Kier molecular flexibility index (Phi) is 7.84. The summed E-state index contributed by atoms with van der Waals surface area (Å²) in [4.78, 5) is 23.5. The Balaban J connectivity index is 1.65. The monoisotopic (exact) mass is 407 g/mol. The molecule has 0 saturated carbocycles. The summed E-state index contributed by atoms with van der Waals surface area (Å²) in [6, 6.07) is 14.1. The molecule has 0 unspecified atom stereocenters. The number of amides is 2. The lowest BCUT2D eigenvalue weighted by Gasteiger charge is -2.12. The van der Waals surface area contributed by atoms with Gasteiger partial charge in [-0.05, 0) is 49.0 Å². The van der Waals surface area contributed by atoms with Gasteiger partial charge < -0.3 is 9.47 Å². The highest BCUT2D eigenvalue weighted by Crippen LogP contribution is 2.22. The Bertz CT molecular complexity index is 832. The maximum Gasteiger partial charge on any atom is 0.276 e. The van der Waals surface area contributed by atoms with Gasteiger partial charge >= 0.3 is 0 Å². The van der Waals surface area contributed by atoms with Crippen molar-refractivity contribution in [2.45, 2.75) is 6.92 Å². The van der Waals surface area contributed by atoms with Crippen molar-refractivity contribution in [1.82, 2.24) is 16.2 Å². The van der Waals surface area contributed by atoms with E-state index in [1.807, 2.05) is 25.1 Å². The van der Waals surface area contributed by atoms with Crippen LogP contribution in [0.3, 0.4) is 0 Å². The van der Waals surface area contributed by atoms with Crippen molar-refractivity contribution in [3.05, 3.63) is 59.1 Å². The van der Waals surface area contributed by atoms with Crippen LogP contribution in [0.5, 0.6) is 11.5 Å². The summed E-state index contributed by atoms with van der Waals surface area (Å²) in [5.74, 6) is 0.00523. The minimum atomic E-state index is -0.498. The number of para-hydroxylation sites is 1. The van der Waals surface area contributed by atoms with Gasteiger partial charge in [0.05, 0.1) is 5.02 Å². The SMILES string of the molecule is Cc1cccc(OCC(=O)NC(=S)NNC(=O)COc2ccccc2Cl)c1. The Labute approximate surface area is 167 Å². The predicted molar refractivity (Wildman–Crippen MR) is 106 cm³/mol. The van der Waals surface area contributed by atoms with E-state index in [4.69, 9.17) is 33.3 Å². The van der Waals surface area contributed by atoms with Crippen LogP contribution in [0.4, 0.5) is 0 Å². The average Bonchev–Trinajstić information content (AvgIpc) is 2.64. The lowest BCUT2D eigenvalue weighted by molar-refractivity contribution is -0.124. The third-order valence-corrected chi connectivity index (χ3v) is 3.64. The molecule has 3 N–H and O–H groups in total. The van der Waals surface area contributed by atoms with Crippen molar-refractivity contribution in [3.8, 4) is 11.5 Å². The Morgan fingerprint density at radius 3 is 2.48 bits per heavy atom. The number of benzene rings is 2. The van der Waals surface area contributed by atoms with Crippen LogP contribution in [0.25, 0.3) is 0 Å². The minimum absolute atomic E-state index is 0.0704. The lowest BCUT2D eigenvalue weighted by Crippen LogP contribution is -2.50. The molecule has 27 heavy (non-hydrogen) atoms. The molecule has 0 radical (unpaired) electrons. The molecular weight excluding hydrogens is 390 g/mol. The largest absolute Gasteiger partial charge is 0.484 e. The van der Waals surface area contributed by atoms with Crippen LogP contribution in [0.15, 0.2) is 48.5 Å². The second-order valence-electron chi connectivity index (χ2n) is 5.37. The zero-order valence-corrected chi connectivity index (χ0v) is 16.0. The van der Waals surface area contributed by atoms with Gasteiger partial charge in [0, 0.05) is 0 Å². The summed E-state index contributed by atoms with van der Waals surface area (Å²) < 4.78 is 10.6. The van der Waals surface area contributed by atoms with E-state index in [0.717, 1.165) is 5.56 Å². The molecule has 0 fully saturated rings. The summed E-state index contributed by atoms with van der Waals surface area (Å²) in [5.41, 5.74) is 5.73. The molecule has 0 saturated heterocycles. The van der Waals surface area contributed by atoms with Crippen molar-refractivity contribution in [1.29, 1.82) is 0 Å². The fourth-order valence-corrected chi connectivity index (χ4v) is 2.27. The van der Waals surface area contributed by atoms with Gasteiger partial charge in [0.25, 0.3) is 11.8 Å². The topological polar surface area (TPSA) is 88.7 Å². The summed E-state index contributed by atoms with van der Waals surface area (Å²) in [7, 11) is 0. The third-order valence-electron chi connectivity index (χ3n) is 3.12. The van der Waals surface area contributed by atoms with E-state index >= 15 is 0 Å². The van der Waals surface area contributed by atoms with Gasteiger partial charge in [-0.15, -0.1) is 0 Å². The number of rotatable bonds is 6. The molecule has 9 heteroatoms. The number of hydrogen-bond donors (Lipinski definition) is 3. The Morgan fingerprint density at radius 2 is 1.74 bits per heavy atom. The molecule has 0 atom stereocenters. The zero-order valence-electron chi connectivity index (χ0n) is 14.5. The van der Waals surface area contributed by atoms with Gasteiger partial charge in [-0.25, -0.2) is 0 Å². The highest BCUT2D eigenvalue weighted by atomic mass is 35.5. The number of nitrogens with one attached hydrogen (secondary N) is 3. The minimum Gasteiger partial charge on any atom is -0.484 e. The second kappa shape index (κ2) is 10.3. The van der Waals surface area contributed by atoms with E-state index < -0.39 is 11.8 Å². The summed E-state index contributed by atoms with van der Waals surface area (Å²) in [5, 5.41) is 2.71. The fraction of sp³-hybridized carbons (Fsp3) is 0.167. The second-order valence-corrected chi connectivity index (χ2v) is 6.19. The smallest absolute Gasteiger partial charge is 0.276 e. The molecule has 0 aliphatic heterocycles. The quantitative estimate of drug-likeness (QED) is 0.502. The fourth-order valence-electron chi connectivity index (χ4n) is 1.92. The van der Waals surface area contributed by atoms with Crippen LogP contribution in [0, 0.1) is 6.92 Å². The Hall–Kier alpha value is -2.84. The molecule has 7 nitrogen and oxygen atoms in total. The van der Waals surface area contributed by atoms with E-state index in [9.17, 15) is 9.59 Å². The molecule has 2 aromatic rings. The molecule has 0 heterocycles. The van der Waals surface area contributed by atoms with E-state index in [2.05, 4.69) is 16.2 Å². The van der Waals surface area contributed by atoms with Gasteiger partial charge in [0.15, 0.2) is 18.3 Å². The van der Waals surface area contributed by atoms with Gasteiger partial charge in [-0.3, -0.25) is 25.8 Å². The number of thiocarbonyl (C=S) groups is 1. The maximum atomic E-state index is 11.8. The highest BCUT2D eigenvalue weighted by Gasteiger charge is 2.08. The van der Waals surface area contributed by atoms with Gasteiger partial charge in [-0.1, -0.05) is 35.9 Å². The first-order chi connectivity index (χ1) is 12.9. The number of ether oxygens (including phenoxy) is 2.